The average molecular weight is 516 g/mol. The largest absolute Gasteiger partial charge is 0.417 e. The molecular weight excluding hydrogens is 498 g/mol. The molecule has 0 saturated heterocycles. The van der Waals surface area contributed by atoms with Gasteiger partial charge in [-0.05, 0) is 32.0 Å². The molecule has 2 aromatic heterocycles. The summed E-state index contributed by atoms with van der Waals surface area (Å²) < 4.78 is 54.3. The number of halogens is 5. The van der Waals surface area contributed by atoms with Gasteiger partial charge in [0, 0.05) is 17.8 Å². The van der Waals surface area contributed by atoms with Crippen molar-refractivity contribution < 1.29 is 27.2 Å². The van der Waals surface area contributed by atoms with Gasteiger partial charge in [0.05, 0.1) is 46.5 Å². The number of alkyl halides is 3. The van der Waals surface area contributed by atoms with Gasteiger partial charge in [0.15, 0.2) is 0 Å². The summed E-state index contributed by atoms with van der Waals surface area (Å²) in [6.07, 6.45) is -1.15. The topological polar surface area (TPSA) is 80.1 Å². The van der Waals surface area contributed by atoms with E-state index < -0.39 is 40.4 Å². The number of nitrogens with one attached hydrogen (secondary N) is 1. The average Bonchev–Trinajstić information content (AvgIpc) is 3.19. The second-order valence-electron chi connectivity index (χ2n) is 7.53. The molecule has 0 bridgehead atoms. The van der Waals surface area contributed by atoms with Crippen molar-refractivity contribution in [2.45, 2.75) is 26.1 Å². The summed E-state index contributed by atoms with van der Waals surface area (Å²) in [4.78, 5) is 31.1. The number of fused-ring (bicyclic) bond motifs is 1. The van der Waals surface area contributed by atoms with Crippen LogP contribution in [0.15, 0.2) is 36.8 Å². The van der Waals surface area contributed by atoms with Crippen LogP contribution in [0.25, 0.3) is 0 Å². The monoisotopic (exact) mass is 515 g/mol. The number of hydrogen-bond acceptors (Lipinski definition) is 4. The van der Waals surface area contributed by atoms with Gasteiger partial charge in [-0.15, -0.1) is 0 Å². The molecule has 34 heavy (non-hydrogen) atoms. The molecule has 7 nitrogen and oxygen atoms in total. The smallest absolute Gasteiger partial charge is 0.320 e. The van der Waals surface area contributed by atoms with Gasteiger partial charge in [0.2, 0.25) is 0 Å². The molecule has 0 saturated carbocycles. The molecule has 2 amide bonds. The molecule has 3 heterocycles. The van der Waals surface area contributed by atoms with Crippen LogP contribution in [0.3, 0.4) is 0 Å². The number of amides is 2. The van der Waals surface area contributed by atoms with Gasteiger partial charge in [-0.2, -0.15) is 31.8 Å². The van der Waals surface area contributed by atoms with Crippen LogP contribution in [0, 0.1) is 12.7 Å². The quantitative estimate of drug-likeness (QED) is 0.499. The molecule has 1 aliphatic heterocycles. The fraction of sp³-hybridized carbons (Fsp3) is 0.238. The van der Waals surface area contributed by atoms with Crippen molar-refractivity contribution in [3.05, 3.63) is 70.0 Å². The normalized spacial score (nSPS) is 15.6. The van der Waals surface area contributed by atoms with Crippen LogP contribution in [0.5, 0.6) is 0 Å². The van der Waals surface area contributed by atoms with E-state index in [9.17, 15) is 27.2 Å². The van der Waals surface area contributed by atoms with Crippen molar-refractivity contribution in [1.82, 2.24) is 14.8 Å². The highest BCUT2D eigenvalue weighted by Crippen LogP contribution is 2.38. The Bertz CT molecular complexity index is 1280. The van der Waals surface area contributed by atoms with Gasteiger partial charge in [-0.3, -0.25) is 19.3 Å². The summed E-state index contributed by atoms with van der Waals surface area (Å²) in [5.74, 6) is -1.96. The molecule has 1 aliphatic rings. The maximum atomic E-state index is 13.8. The number of pyridine rings is 1. The Morgan fingerprint density at radius 1 is 1.24 bits per heavy atom. The van der Waals surface area contributed by atoms with E-state index in [1.165, 1.54) is 28.9 Å². The third-order valence-electron chi connectivity index (χ3n) is 5.32. The fourth-order valence-corrected chi connectivity index (χ4v) is 3.85. The molecule has 0 unspecified atom stereocenters. The lowest BCUT2D eigenvalue weighted by Gasteiger charge is -2.32. The van der Waals surface area contributed by atoms with E-state index in [1.807, 2.05) is 0 Å². The van der Waals surface area contributed by atoms with Crippen LogP contribution in [0.1, 0.15) is 44.9 Å². The van der Waals surface area contributed by atoms with Crippen LogP contribution in [0.2, 0.25) is 5.02 Å². The molecule has 0 radical (unpaired) electrons. The minimum absolute atomic E-state index is 0. The van der Waals surface area contributed by atoms with Gasteiger partial charge in [0.25, 0.3) is 11.8 Å². The Balaban J connectivity index is 0.00000324. The van der Waals surface area contributed by atoms with Crippen LogP contribution in [-0.2, 0) is 6.18 Å². The number of hydrogen-bond donors (Lipinski definition) is 1. The highest BCUT2D eigenvalue weighted by molar-refractivity contribution is 7.59. The molecule has 1 N–H and O–H groups in total. The lowest BCUT2D eigenvalue weighted by atomic mass is 10.1. The molecular formula is C21H18ClF4N5O2S. The van der Waals surface area contributed by atoms with E-state index in [-0.39, 0.29) is 48.2 Å². The van der Waals surface area contributed by atoms with Crippen LogP contribution < -0.4 is 10.2 Å². The predicted octanol–water partition coefficient (Wildman–Crippen LogP) is 4.98. The zero-order valence-corrected chi connectivity index (χ0v) is 19.5. The fourth-order valence-electron chi connectivity index (χ4n) is 3.57. The summed E-state index contributed by atoms with van der Waals surface area (Å²) in [5.41, 5.74) is -0.700. The first-order valence-corrected chi connectivity index (χ1v) is 10.0. The van der Waals surface area contributed by atoms with E-state index in [4.69, 9.17) is 11.6 Å². The molecule has 13 heteroatoms. The second-order valence-corrected chi connectivity index (χ2v) is 7.93. The molecule has 180 valence electrons. The highest BCUT2D eigenvalue weighted by atomic mass is 35.5. The van der Waals surface area contributed by atoms with Crippen molar-refractivity contribution in [2.24, 2.45) is 0 Å². The Morgan fingerprint density at radius 3 is 2.59 bits per heavy atom. The van der Waals surface area contributed by atoms with E-state index >= 15 is 0 Å². The van der Waals surface area contributed by atoms with Gasteiger partial charge in [-0.25, -0.2) is 4.39 Å². The lowest BCUT2D eigenvalue weighted by Crippen LogP contribution is -2.43. The number of carbonyl (C=O) groups is 2. The first-order chi connectivity index (χ1) is 15.5. The number of aromatic nitrogens is 3. The van der Waals surface area contributed by atoms with Crippen LogP contribution >= 0.6 is 25.1 Å². The van der Waals surface area contributed by atoms with Crippen molar-refractivity contribution in [2.75, 3.05) is 16.8 Å². The minimum atomic E-state index is -4.64. The lowest BCUT2D eigenvalue weighted by molar-refractivity contribution is -0.137. The van der Waals surface area contributed by atoms with Crippen LogP contribution in [-0.4, -0.2) is 33.1 Å². The zero-order valence-electron chi connectivity index (χ0n) is 17.7. The van der Waals surface area contributed by atoms with E-state index in [0.717, 1.165) is 24.4 Å². The Kier molecular flexibility index (Phi) is 6.94. The van der Waals surface area contributed by atoms with Crippen molar-refractivity contribution in [3.63, 3.8) is 0 Å². The third kappa shape index (κ3) is 4.47. The molecule has 4 rings (SSSR count). The summed E-state index contributed by atoms with van der Waals surface area (Å²) >= 11 is 5.82. The first kappa shape index (κ1) is 25.5. The maximum Gasteiger partial charge on any atom is 0.417 e. The number of anilines is 2. The minimum Gasteiger partial charge on any atom is -0.320 e. The number of benzene rings is 1. The van der Waals surface area contributed by atoms with Gasteiger partial charge in [-0.1, -0.05) is 11.6 Å². The van der Waals surface area contributed by atoms with Gasteiger partial charge in [0.1, 0.15) is 11.5 Å². The second kappa shape index (κ2) is 9.26. The molecule has 1 aromatic carbocycles. The summed E-state index contributed by atoms with van der Waals surface area (Å²) in [6.45, 7) is 3.30. The standard InChI is InChI=1S/C21H16ClF4N5O2.H2S/c1-10-9-30(12-3-4-14(15(22)5-12)21(24,25)26)20(33)18-13(6-28-31(10)18)19(32)29-17-8-27-7-16(23)11(17)2;/h3-8,10H,9H2,1-2H3,(H,29,32);1H2/t10-;/m0./s1. The zero-order chi connectivity index (χ0) is 24.1. The van der Waals surface area contributed by atoms with Crippen LogP contribution in [0.4, 0.5) is 28.9 Å². The maximum absolute atomic E-state index is 13.8. The first-order valence-electron chi connectivity index (χ1n) is 9.66. The molecule has 0 aliphatic carbocycles. The van der Waals surface area contributed by atoms with E-state index in [0.29, 0.717) is 0 Å². The van der Waals surface area contributed by atoms with Gasteiger partial charge < -0.3 is 10.2 Å². The SMILES string of the molecule is Cc1c(F)cncc1NC(=O)c1cnn2c1C(=O)N(c1ccc(C(F)(F)F)c(Cl)c1)C[C@@H]2C.S. The number of nitrogens with zero attached hydrogens (tertiary/aromatic N) is 4. The van der Waals surface area contributed by atoms with Gasteiger partial charge >= 0.3 is 6.18 Å². The molecule has 1 atom stereocenters. The Labute approximate surface area is 203 Å². The predicted molar refractivity (Wildman–Crippen MR) is 122 cm³/mol. The summed E-state index contributed by atoms with van der Waals surface area (Å²) in [7, 11) is 0. The van der Waals surface area contributed by atoms with Crippen molar-refractivity contribution in [1.29, 1.82) is 0 Å². The molecule has 0 spiro atoms. The molecule has 3 aromatic rings. The Morgan fingerprint density at radius 2 is 1.94 bits per heavy atom. The van der Waals surface area contributed by atoms with Crippen molar-refractivity contribution in [3.8, 4) is 0 Å². The van der Waals surface area contributed by atoms with E-state index in [1.54, 1.807) is 6.92 Å². The van der Waals surface area contributed by atoms with E-state index in [2.05, 4.69) is 15.4 Å². The number of rotatable bonds is 3. The number of carbonyl (C=O) groups excluding carboxylic acids is 2. The third-order valence-corrected chi connectivity index (χ3v) is 5.64. The molecule has 0 fully saturated rings. The summed E-state index contributed by atoms with van der Waals surface area (Å²) in [5, 5.41) is 6.09. The highest BCUT2D eigenvalue weighted by Gasteiger charge is 2.37. The summed E-state index contributed by atoms with van der Waals surface area (Å²) in [6, 6.07) is 2.61. The van der Waals surface area contributed by atoms with Crippen molar-refractivity contribution >= 4 is 48.3 Å². The Hall–Kier alpha value is -3.12.